The molecular weight excluding hydrogens is 208 g/mol. The highest BCUT2D eigenvalue weighted by atomic mass is 16.6. The Balaban J connectivity index is 2.33. The number of carbonyl (C=O) groups is 1. The largest absolute Gasteiger partial charge is 0.444 e. The van der Waals surface area contributed by atoms with Crippen molar-refractivity contribution < 1.29 is 9.53 Å². The Hall–Kier alpha value is -0.850. The van der Waals surface area contributed by atoms with Crippen LogP contribution in [0.3, 0.4) is 0 Å². The van der Waals surface area contributed by atoms with Gasteiger partial charge in [0.1, 0.15) is 5.60 Å². The summed E-state index contributed by atoms with van der Waals surface area (Å²) < 4.78 is 5.30. The second kappa shape index (κ2) is 5.47. The lowest BCUT2D eigenvalue weighted by molar-refractivity contribution is 0.0195. The van der Waals surface area contributed by atoms with Crippen LogP contribution in [0.15, 0.2) is 0 Å². The topological polar surface area (TPSA) is 79.6 Å². The van der Waals surface area contributed by atoms with E-state index in [1.807, 2.05) is 20.8 Å². The molecule has 16 heavy (non-hydrogen) atoms. The van der Waals surface area contributed by atoms with Gasteiger partial charge in [0.25, 0.3) is 0 Å². The van der Waals surface area contributed by atoms with Crippen molar-refractivity contribution in [2.24, 2.45) is 5.84 Å². The SMILES string of the molecule is CC(C)(C)OC(=O)N1CCC(NNN)CC1. The van der Waals surface area contributed by atoms with Crippen molar-refractivity contribution in [1.82, 2.24) is 15.9 Å². The molecular formula is C10H22N4O2. The standard InChI is InChI=1S/C10H22N4O2/c1-10(2,3)16-9(15)14-6-4-8(5-7-14)12-13-11/h8,12-13H,4-7,11H2,1-3H3. The van der Waals surface area contributed by atoms with E-state index in [4.69, 9.17) is 10.6 Å². The van der Waals surface area contributed by atoms with Crippen molar-refractivity contribution in [1.29, 1.82) is 0 Å². The van der Waals surface area contributed by atoms with Crippen LogP contribution in [0.4, 0.5) is 4.79 Å². The molecule has 1 aliphatic heterocycles. The van der Waals surface area contributed by atoms with Crippen LogP contribution in [0.1, 0.15) is 33.6 Å². The number of hydrazine groups is 2. The molecule has 0 radical (unpaired) electrons. The van der Waals surface area contributed by atoms with Crippen molar-refractivity contribution in [3.63, 3.8) is 0 Å². The van der Waals surface area contributed by atoms with E-state index in [-0.39, 0.29) is 6.09 Å². The van der Waals surface area contributed by atoms with Gasteiger partial charge in [0.15, 0.2) is 0 Å². The smallest absolute Gasteiger partial charge is 0.410 e. The van der Waals surface area contributed by atoms with Crippen molar-refractivity contribution >= 4 is 6.09 Å². The van der Waals surface area contributed by atoms with Gasteiger partial charge in [0.2, 0.25) is 0 Å². The highest BCUT2D eigenvalue weighted by molar-refractivity contribution is 5.68. The monoisotopic (exact) mass is 230 g/mol. The molecule has 6 heteroatoms. The third kappa shape index (κ3) is 4.34. The molecule has 0 saturated carbocycles. The molecule has 0 aromatic heterocycles. The Morgan fingerprint density at radius 1 is 1.38 bits per heavy atom. The highest BCUT2D eigenvalue weighted by Crippen LogP contribution is 2.14. The van der Waals surface area contributed by atoms with Crippen molar-refractivity contribution in [3.05, 3.63) is 0 Å². The second-order valence-electron chi connectivity index (χ2n) is 5.03. The number of nitrogens with two attached hydrogens (primary N) is 1. The minimum Gasteiger partial charge on any atom is -0.444 e. The Morgan fingerprint density at radius 3 is 2.38 bits per heavy atom. The molecule has 94 valence electrons. The summed E-state index contributed by atoms with van der Waals surface area (Å²) in [4.78, 5) is 13.5. The molecule has 1 rings (SSSR count). The molecule has 0 unspecified atom stereocenters. The summed E-state index contributed by atoms with van der Waals surface area (Å²) in [5.41, 5.74) is 4.95. The number of nitrogens with one attached hydrogen (secondary N) is 2. The predicted octanol–water partition coefficient (Wildman–Crippen LogP) is 0.354. The van der Waals surface area contributed by atoms with E-state index in [1.54, 1.807) is 4.90 Å². The maximum absolute atomic E-state index is 11.7. The molecule has 0 aromatic carbocycles. The lowest BCUT2D eigenvalue weighted by Crippen LogP contribution is -2.51. The van der Waals surface area contributed by atoms with Gasteiger partial charge in [0, 0.05) is 19.1 Å². The molecule has 0 bridgehead atoms. The molecule has 1 aliphatic rings. The number of carbonyl (C=O) groups excluding carboxylic acids is 1. The van der Waals surface area contributed by atoms with Crippen LogP contribution in [0, 0.1) is 0 Å². The van der Waals surface area contributed by atoms with Gasteiger partial charge in [-0.15, -0.1) is 0 Å². The zero-order chi connectivity index (χ0) is 12.2. The van der Waals surface area contributed by atoms with E-state index in [0.29, 0.717) is 19.1 Å². The fourth-order valence-corrected chi connectivity index (χ4v) is 1.65. The molecule has 6 nitrogen and oxygen atoms in total. The minimum absolute atomic E-state index is 0.230. The van der Waals surface area contributed by atoms with Crippen LogP contribution in [0.5, 0.6) is 0 Å². The Morgan fingerprint density at radius 2 is 1.94 bits per heavy atom. The van der Waals surface area contributed by atoms with E-state index in [1.165, 1.54) is 0 Å². The van der Waals surface area contributed by atoms with Gasteiger partial charge in [-0.2, -0.15) is 5.53 Å². The molecule has 4 N–H and O–H groups in total. The Labute approximate surface area is 96.4 Å². The third-order valence-electron chi connectivity index (χ3n) is 2.43. The first-order valence-corrected chi connectivity index (χ1v) is 5.61. The fraction of sp³-hybridized carbons (Fsp3) is 0.900. The number of ether oxygens (including phenoxy) is 1. The normalized spacial score (nSPS) is 18.6. The van der Waals surface area contributed by atoms with Crippen molar-refractivity contribution in [2.75, 3.05) is 13.1 Å². The van der Waals surface area contributed by atoms with E-state index in [2.05, 4.69) is 11.0 Å². The number of likely N-dealkylation sites (tertiary alicyclic amines) is 1. The molecule has 0 atom stereocenters. The van der Waals surface area contributed by atoms with Crippen LogP contribution in [0.25, 0.3) is 0 Å². The van der Waals surface area contributed by atoms with Gasteiger partial charge >= 0.3 is 6.09 Å². The summed E-state index contributed by atoms with van der Waals surface area (Å²) >= 11 is 0. The first-order chi connectivity index (χ1) is 7.42. The predicted molar refractivity (Wildman–Crippen MR) is 61.3 cm³/mol. The van der Waals surface area contributed by atoms with E-state index >= 15 is 0 Å². The Bertz CT molecular complexity index is 231. The summed E-state index contributed by atoms with van der Waals surface area (Å²) in [6, 6.07) is 0.323. The minimum atomic E-state index is -0.426. The molecule has 1 fully saturated rings. The second-order valence-corrected chi connectivity index (χ2v) is 5.03. The molecule has 0 aromatic rings. The quantitative estimate of drug-likeness (QED) is 0.471. The highest BCUT2D eigenvalue weighted by Gasteiger charge is 2.26. The fourth-order valence-electron chi connectivity index (χ4n) is 1.65. The Kier molecular flexibility index (Phi) is 4.52. The van der Waals surface area contributed by atoms with Crippen LogP contribution in [-0.4, -0.2) is 35.7 Å². The zero-order valence-electron chi connectivity index (χ0n) is 10.2. The van der Waals surface area contributed by atoms with Crippen LogP contribution >= 0.6 is 0 Å². The summed E-state index contributed by atoms with van der Waals surface area (Å²) in [5, 5.41) is 0. The van der Waals surface area contributed by atoms with Gasteiger partial charge in [0.05, 0.1) is 0 Å². The zero-order valence-corrected chi connectivity index (χ0v) is 10.2. The van der Waals surface area contributed by atoms with E-state index < -0.39 is 5.60 Å². The van der Waals surface area contributed by atoms with E-state index in [0.717, 1.165) is 12.8 Å². The van der Waals surface area contributed by atoms with Crippen molar-refractivity contribution in [3.8, 4) is 0 Å². The first kappa shape index (κ1) is 13.2. The number of hydrogen-bond donors (Lipinski definition) is 3. The number of hydrogen-bond acceptors (Lipinski definition) is 5. The van der Waals surface area contributed by atoms with Gasteiger partial charge < -0.3 is 9.64 Å². The maximum atomic E-state index is 11.7. The molecule has 1 amide bonds. The number of nitrogens with zero attached hydrogens (tertiary/aromatic N) is 1. The van der Waals surface area contributed by atoms with Gasteiger partial charge in [-0.1, -0.05) is 0 Å². The number of piperidine rings is 1. The van der Waals surface area contributed by atoms with Gasteiger partial charge in [-0.05, 0) is 33.6 Å². The van der Waals surface area contributed by atoms with Gasteiger partial charge in [-0.25, -0.2) is 10.2 Å². The lowest BCUT2D eigenvalue weighted by Gasteiger charge is -2.33. The summed E-state index contributed by atoms with van der Waals surface area (Å²) in [5.74, 6) is 5.17. The lowest BCUT2D eigenvalue weighted by atomic mass is 10.1. The summed E-state index contributed by atoms with van der Waals surface area (Å²) in [6.07, 6.45) is 1.53. The molecule has 1 heterocycles. The van der Waals surface area contributed by atoms with Crippen LogP contribution in [0.2, 0.25) is 0 Å². The average molecular weight is 230 g/mol. The number of rotatable bonds is 2. The van der Waals surface area contributed by atoms with Crippen LogP contribution in [-0.2, 0) is 4.74 Å². The average Bonchev–Trinajstić information content (AvgIpc) is 2.16. The van der Waals surface area contributed by atoms with Gasteiger partial charge in [-0.3, -0.25) is 5.84 Å². The van der Waals surface area contributed by atoms with Crippen LogP contribution < -0.4 is 16.8 Å². The summed E-state index contributed by atoms with van der Waals surface area (Å²) in [7, 11) is 0. The third-order valence-corrected chi connectivity index (χ3v) is 2.43. The number of amides is 1. The first-order valence-electron chi connectivity index (χ1n) is 5.61. The molecule has 0 aliphatic carbocycles. The summed E-state index contributed by atoms with van der Waals surface area (Å²) in [6.45, 7) is 7.02. The molecule has 0 spiro atoms. The van der Waals surface area contributed by atoms with E-state index in [9.17, 15) is 4.79 Å². The molecule has 1 saturated heterocycles. The van der Waals surface area contributed by atoms with Crippen molar-refractivity contribution in [2.45, 2.75) is 45.3 Å². The maximum Gasteiger partial charge on any atom is 0.410 e.